The Balaban J connectivity index is 1.71. The van der Waals surface area contributed by atoms with Crippen molar-refractivity contribution in [1.29, 1.82) is 0 Å². The highest BCUT2D eigenvalue weighted by Crippen LogP contribution is 2.25. The molecule has 4 heteroatoms. The van der Waals surface area contributed by atoms with E-state index in [9.17, 15) is 4.79 Å². The quantitative estimate of drug-likeness (QED) is 0.763. The number of halogens is 1. The molecule has 1 heterocycles. The van der Waals surface area contributed by atoms with Gasteiger partial charge in [0.15, 0.2) is 0 Å². The molecule has 0 fully saturated rings. The minimum absolute atomic E-state index is 0.0501. The molecule has 3 rings (SSSR count). The summed E-state index contributed by atoms with van der Waals surface area (Å²) in [5, 5.41) is 4.56. The van der Waals surface area contributed by atoms with E-state index in [1.165, 1.54) is 11.1 Å². The van der Waals surface area contributed by atoms with Crippen molar-refractivity contribution >= 4 is 28.5 Å². The van der Waals surface area contributed by atoms with Gasteiger partial charge in [-0.1, -0.05) is 29.8 Å². The molecule has 2 aromatic carbocycles. The number of nitrogens with one attached hydrogen (secondary N) is 1. The van der Waals surface area contributed by atoms with Gasteiger partial charge >= 0.3 is 0 Å². The molecule has 0 saturated carbocycles. The Labute approximate surface area is 140 Å². The monoisotopic (exact) mass is 327 g/mol. The average Bonchev–Trinajstić information content (AvgIpc) is 2.89. The summed E-state index contributed by atoms with van der Waals surface area (Å²) in [6.07, 6.45) is 1.96. The van der Waals surface area contributed by atoms with E-state index in [0.717, 1.165) is 22.1 Å². The zero-order valence-electron chi connectivity index (χ0n) is 13.2. The number of carbonyl (C=O) groups is 1. The van der Waals surface area contributed by atoms with E-state index in [0.29, 0.717) is 18.0 Å². The first-order chi connectivity index (χ1) is 11.0. The van der Waals surface area contributed by atoms with Crippen LogP contribution in [0.1, 0.15) is 22.3 Å². The van der Waals surface area contributed by atoms with Gasteiger partial charge in [0.25, 0.3) is 0 Å². The first-order valence-electron chi connectivity index (χ1n) is 7.52. The largest absolute Gasteiger partial charge is 0.464 e. The molecule has 3 nitrogen and oxygen atoms in total. The van der Waals surface area contributed by atoms with Crippen molar-refractivity contribution in [2.24, 2.45) is 0 Å². The summed E-state index contributed by atoms with van der Waals surface area (Å²) in [4.78, 5) is 12.2. The Morgan fingerprint density at radius 3 is 2.65 bits per heavy atom. The summed E-state index contributed by atoms with van der Waals surface area (Å²) >= 11 is 6.09. The van der Waals surface area contributed by atoms with Crippen LogP contribution in [0, 0.1) is 13.8 Å². The molecule has 118 valence electrons. The number of benzene rings is 2. The molecule has 0 bridgehead atoms. The molecular formula is C19H18ClNO2. The van der Waals surface area contributed by atoms with Crippen LogP contribution in [0.2, 0.25) is 5.02 Å². The van der Waals surface area contributed by atoms with E-state index >= 15 is 0 Å². The predicted octanol–water partition coefficient (Wildman–Crippen LogP) is 4.56. The zero-order chi connectivity index (χ0) is 16.4. The number of carbonyl (C=O) groups excluding carboxylic acids is 1. The third-order valence-electron chi connectivity index (χ3n) is 4.05. The van der Waals surface area contributed by atoms with Crippen LogP contribution in [0.5, 0.6) is 0 Å². The van der Waals surface area contributed by atoms with Gasteiger partial charge in [-0.15, -0.1) is 0 Å². The third kappa shape index (κ3) is 3.40. The van der Waals surface area contributed by atoms with Gasteiger partial charge in [-0.05, 0) is 48.7 Å². The van der Waals surface area contributed by atoms with Crippen LogP contribution in [-0.4, -0.2) is 5.91 Å². The normalized spacial score (nSPS) is 10.9. The summed E-state index contributed by atoms with van der Waals surface area (Å²) in [5.74, 6) is -0.0501. The van der Waals surface area contributed by atoms with Crippen molar-refractivity contribution in [2.45, 2.75) is 26.8 Å². The number of hydrogen-bond acceptors (Lipinski definition) is 2. The van der Waals surface area contributed by atoms with Crippen LogP contribution < -0.4 is 5.32 Å². The molecular weight excluding hydrogens is 310 g/mol. The van der Waals surface area contributed by atoms with Crippen molar-refractivity contribution in [3.05, 3.63) is 69.9 Å². The van der Waals surface area contributed by atoms with Gasteiger partial charge in [0.05, 0.1) is 12.7 Å². The van der Waals surface area contributed by atoms with Gasteiger partial charge in [-0.25, -0.2) is 0 Å². The lowest BCUT2D eigenvalue weighted by Crippen LogP contribution is -2.24. The Kier molecular flexibility index (Phi) is 4.39. The van der Waals surface area contributed by atoms with E-state index in [2.05, 4.69) is 18.3 Å². The Bertz CT molecular complexity index is 867. The van der Waals surface area contributed by atoms with Crippen LogP contribution in [0.3, 0.4) is 0 Å². The van der Waals surface area contributed by atoms with E-state index in [1.54, 1.807) is 6.26 Å². The standard InChI is InChI=1S/C19H18ClNO2/c1-12-7-16-15(11-23-18(16)8-13(12)2)9-19(22)21-10-14-5-3-4-6-17(14)20/h3-8,11H,9-10H2,1-2H3,(H,21,22). The lowest BCUT2D eigenvalue weighted by Gasteiger charge is -2.06. The number of hydrogen-bond donors (Lipinski definition) is 1. The summed E-state index contributed by atoms with van der Waals surface area (Å²) in [7, 11) is 0. The first-order valence-corrected chi connectivity index (χ1v) is 7.90. The lowest BCUT2D eigenvalue weighted by molar-refractivity contribution is -0.120. The highest BCUT2D eigenvalue weighted by Gasteiger charge is 2.12. The zero-order valence-corrected chi connectivity index (χ0v) is 13.9. The van der Waals surface area contributed by atoms with E-state index in [-0.39, 0.29) is 5.91 Å². The maximum absolute atomic E-state index is 12.2. The number of aryl methyl sites for hydroxylation is 2. The second-order valence-electron chi connectivity index (χ2n) is 5.74. The number of rotatable bonds is 4. The van der Waals surface area contributed by atoms with Gasteiger partial charge in [0.1, 0.15) is 5.58 Å². The van der Waals surface area contributed by atoms with E-state index in [4.69, 9.17) is 16.0 Å². The smallest absolute Gasteiger partial charge is 0.224 e. The van der Waals surface area contributed by atoms with Crippen molar-refractivity contribution < 1.29 is 9.21 Å². The summed E-state index contributed by atoms with van der Waals surface area (Å²) < 4.78 is 5.57. The van der Waals surface area contributed by atoms with Crippen molar-refractivity contribution in [1.82, 2.24) is 5.32 Å². The number of amides is 1. The van der Waals surface area contributed by atoms with E-state index < -0.39 is 0 Å². The summed E-state index contributed by atoms with van der Waals surface area (Å²) in [5.41, 5.74) is 5.01. The van der Waals surface area contributed by atoms with Crippen LogP contribution in [-0.2, 0) is 17.8 Å². The second-order valence-corrected chi connectivity index (χ2v) is 6.15. The predicted molar refractivity (Wildman–Crippen MR) is 92.7 cm³/mol. The molecule has 0 atom stereocenters. The molecule has 0 aliphatic rings. The maximum Gasteiger partial charge on any atom is 0.224 e. The van der Waals surface area contributed by atoms with Gasteiger partial charge in [0, 0.05) is 22.5 Å². The van der Waals surface area contributed by atoms with Gasteiger partial charge < -0.3 is 9.73 Å². The van der Waals surface area contributed by atoms with Gasteiger partial charge in [0.2, 0.25) is 5.91 Å². The minimum Gasteiger partial charge on any atom is -0.464 e. The van der Waals surface area contributed by atoms with Crippen LogP contribution in [0.25, 0.3) is 11.0 Å². The van der Waals surface area contributed by atoms with Gasteiger partial charge in [-0.3, -0.25) is 4.79 Å². The molecule has 0 spiro atoms. The molecule has 1 aromatic heterocycles. The van der Waals surface area contributed by atoms with Crippen LogP contribution in [0.4, 0.5) is 0 Å². The lowest BCUT2D eigenvalue weighted by atomic mass is 10.0. The number of fused-ring (bicyclic) bond motifs is 1. The average molecular weight is 328 g/mol. The molecule has 23 heavy (non-hydrogen) atoms. The molecule has 0 unspecified atom stereocenters. The van der Waals surface area contributed by atoms with Gasteiger partial charge in [-0.2, -0.15) is 0 Å². The fraction of sp³-hybridized carbons (Fsp3) is 0.211. The Morgan fingerprint density at radius 1 is 1.13 bits per heavy atom. The molecule has 0 radical (unpaired) electrons. The molecule has 0 saturated heterocycles. The summed E-state index contributed by atoms with van der Waals surface area (Å²) in [6, 6.07) is 11.6. The number of furan rings is 1. The first kappa shape index (κ1) is 15.6. The van der Waals surface area contributed by atoms with Crippen molar-refractivity contribution in [2.75, 3.05) is 0 Å². The van der Waals surface area contributed by atoms with Crippen LogP contribution >= 0.6 is 11.6 Å². The SMILES string of the molecule is Cc1cc2occ(CC(=O)NCc3ccccc3Cl)c2cc1C. The molecule has 0 aliphatic heterocycles. The maximum atomic E-state index is 12.2. The Hall–Kier alpha value is -2.26. The third-order valence-corrected chi connectivity index (χ3v) is 4.42. The molecule has 1 N–H and O–H groups in total. The van der Waals surface area contributed by atoms with Crippen molar-refractivity contribution in [3.63, 3.8) is 0 Å². The molecule has 0 aliphatic carbocycles. The fourth-order valence-electron chi connectivity index (χ4n) is 2.54. The molecule has 1 amide bonds. The topological polar surface area (TPSA) is 42.2 Å². The van der Waals surface area contributed by atoms with E-state index in [1.807, 2.05) is 37.3 Å². The highest BCUT2D eigenvalue weighted by atomic mass is 35.5. The Morgan fingerprint density at radius 2 is 1.87 bits per heavy atom. The summed E-state index contributed by atoms with van der Waals surface area (Å²) in [6.45, 7) is 4.53. The highest BCUT2D eigenvalue weighted by molar-refractivity contribution is 6.31. The van der Waals surface area contributed by atoms with Crippen molar-refractivity contribution in [3.8, 4) is 0 Å². The van der Waals surface area contributed by atoms with Crippen LogP contribution in [0.15, 0.2) is 47.1 Å². The molecule has 3 aromatic rings. The minimum atomic E-state index is -0.0501. The fourth-order valence-corrected chi connectivity index (χ4v) is 2.75. The second kappa shape index (κ2) is 6.47.